The fraction of sp³-hybridized carbons (Fsp3) is 0.800. The predicted molar refractivity (Wildman–Crippen MR) is 63.7 cm³/mol. The summed E-state index contributed by atoms with van der Waals surface area (Å²) in [5.41, 5.74) is 0. The van der Waals surface area contributed by atoms with Crippen LogP contribution in [-0.4, -0.2) is 48.2 Å². The minimum Gasteiger partial charge on any atom is -0.480 e. The van der Waals surface area contributed by atoms with Crippen molar-refractivity contribution in [2.75, 3.05) is 19.5 Å². The third-order valence-electron chi connectivity index (χ3n) is 2.10. The van der Waals surface area contributed by atoms with Gasteiger partial charge >= 0.3 is 5.97 Å². The van der Waals surface area contributed by atoms with E-state index in [-0.39, 0.29) is 0 Å². The van der Waals surface area contributed by atoms with Crippen LogP contribution >= 0.6 is 11.8 Å². The normalized spacial score (nSPS) is 14.1. The van der Waals surface area contributed by atoms with E-state index in [1.54, 1.807) is 18.9 Å². The van der Waals surface area contributed by atoms with Gasteiger partial charge in [-0.25, -0.2) is 4.79 Å². The molecule has 6 heteroatoms. The molecule has 0 saturated carbocycles. The van der Waals surface area contributed by atoms with E-state index in [0.717, 1.165) is 6.42 Å². The van der Waals surface area contributed by atoms with Gasteiger partial charge in [-0.1, -0.05) is 6.92 Å². The molecule has 0 saturated heterocycles. The quantitative estimate of drug-likeness (QED) is 0.558. The monoisotopic (exact) mass is 249 g/mol. The topological polar surface area (TPSA) is 75.6 Å². The summed E-state index contributed by atoms with van der Waals surface area (Å²) in [5, 5.41) is 11.5. The van der Waals surface area contributed by atoms with Gasteiger partial charge in [-0.05, 0) is 18.6 Å². The van der Waals surface area contributed by atoms with Gasteiger partial charge in [0.05, 0.1) is 0 Å². The zero-order chi connectivity index (χ0) is 12.4. The van der Waals surface area contributed by atoms with E-state index in [1.807, 2.05) is 0 Å². The highest BCUT2D eigenvalue weighted by atomic mass is 32.2. The van der Waals surface area contributed by atoms with E-state index in [4.69, 9.17) is 9.84 Å². The van der Waals surface area contributed by atoms with Gasteiger partial charge < -0.3 is 15.2 Å². The lowest BCUT2D eigenvalue weighted by Gasteiger charge is -2.13. The first-order chi connectivity index (χ1) is 7.61. The van der Waals surface area contributed by atoms with Crippen molar-refractivity contribution in [3.63, 3.8) is 0 Å². The summed E-state index contributed by atoms with van der Waals surface area (Å²) in [6.45, 7) is 2.79. The van der Waals surface area contributed by atoms with Crippen LogP contribution in [-0.2, 0) is 14.3 Å². The SMILES string of the molecule is COCCC(C)SCCC(NC=O)C(=O)O. The van der Waals surface area contributed by atoms with Crippen LogP contribution in [0.25, 0.3) is 0 Å². The Balaban J connectivity index is 3.68. The highest BCUT2D eigenvalue weighted by Crippen LogP contribution is 2.15. The van der Waals surface area contributed by atoms with Crippen molar-refractivity contribution in [1.29, 1.82) is 0 Å². The molecule has 2 atom stereocenters. The molecule has 0 aromatic rings. The number of nitrogens with one attached hydrogen (secondary N) is 1. The molecule has 0 aliphatic heterocycles. The van der Waals surface area contributed by atoms with Crippen LogP contribution < -0.4 is 5.32 Å². The highest BCUT2D eigenvalue weighted by molar-refractivity contribution is 7.99. The number of carbonyl (C=O) groups excluding carboxylic acids is 1. The number of ether oxygens (including phenoxy) is 1. The number of hydrogen-bond donors (Lipinski definition) is 2. The third-order valence-corrected chi connectivity index (χ3v) is 3.38. The third kappa shape index (κ3) is 7.53. The Morgan fingerprint density at radius 2 is 2.25 bits per heavy atom. The van der Waals surface area contributed by atoms with E-state index in [9.17, 15) is 9.59 Å². The second-order valence-corrected chi connectivity index (χ2v) is 4.97. The molecule has 0 aromatic carbocycles. The van der Waals surface area contributed by atoms with Crippen molar-refractivity contribution >= 4 is 24.1 Å². The molecule has 0 radical (unpaired) electrons. The largest absolute Gasteiger partial charge is 0.480 e. The Bertz CT molecular complexity index is 213. The van der Waals surface area contributed by atoms with Crippen LogP contribution in [0.3, 0.4) is 0 Å². The van der Waals surface area contributed by atoms with E-state index >= 15 is 0 Å². The fourth-order valence-electron chi connectivity index (χ4n) is 1.11. The highest BCUT2D eigenvalue weighted by Gasteiger charge is 2.16. The average molecular weight is 249 g/mol. The zero-order valence-corrected chi connectivity index (χ0v) is 10.5. The summed E-state index contributed by atoms with van der Waals surface area (Å²) in [6.07, 6.45) is 1.81. The molecule has 1 amide bonds. The molecule has 0 heterocycles. The van der Waals surface area contributed by atoms with Crippen molar-refractivity contribution in [1.82, 2.24) is 5.32 Å². The van der Waals surface area contributed by atoms with Gasteiger partial charge in [0.1, 0.15) is 6.04 Å². The summed E-state index contributed by atoms with van der Waals surface area (Å²) < 4.78 is 4.95. The van der Waals surface area contributed by atoms with Crippen LogP contribution in [0.4, 0.5) is 0 Å². The van der Waals surface area contributed by atoms with Gasteiger partial charge in [0.2, 0.25) is 6.41 Å². The Morgan fingerprint density at radius 1 is 1.56 bits per heavy atom. The van der Waals surface area contributed by atoms with Gasteiger partial charge in [0.25, 0.3) is 0 Å². The van der Waals surface area contributed by atoms with Gasteiger partial charge in [0.15, 0.2) is 0 Å². The molecule has 0 rings (SSSR count). The van der Waals surface area contributed by atoms with Crippen LogP contribution in [0.15, 0.2) is 0 Å². The smallest absolute Gasteiger partial charge is 0.326 e. The molecule has 94 valence electrons. The van der Waals surface area contributed by atoms with Crippen LogP contribution in [0, 0.1) is 0 Å². The summed E-state index contributed by atoms with van der Waals surface area (Å²) >= 11 is 1.69. The minimum absolute atomic E-state index is 0.428. The van der Waals surface area contributed by atoms with Crippen molar-refractivity contribution in [3.05, 3.63) is 0 Å². The number of carbonyl (C=O) groups is 2. The molecule has 0 spiro atoms. The van der Waals surface area contributed by atoms with Gasteiger partial charge in [-0.3, -0.25) is 4.79 Å². The van der Waals surface area contributed by atoms with Gasteiger partial charge in [-0.15, -0.1) is 0 Å². The van der Waals surface area contributed by atoms with Crippen molar-refractivity contribution < 1.29 is 19.4 Å². The second kappa shape index (κ2) is 9.47. The van der Waals surface area contributed by atoms with Crippen molar-refractivity contribution in [3.8, 4) is 0 Å². The molecular formula is C10H19NO4S. The maximum absolute atomic E-state index is 10.7. The average Bonchev–Trinajstić information content (AvgIpc) is 2.25. The number of thioether (sulfide) groups is 1. The number of carboxylic acids is 1. The molecule has 0 aliphatic rings. The summed E-state index contributed by atoms with van der Waals surface area (Å²) in [6, 6.07) is -0.778. The number of aliphatic carboxylic acids is 1. The van der Waals surface area contributed by atoms with Gasteiger partial charge in [0, 0.05) is 19.0 Å². The molecule has 16 heavy (non-hydrogen) atoms. The van der Waals surface area contributed by atoms with E-state index in [1.165, 1.54) is 0 Å². The Kier molecular flexibility index (Phi) is 9.03. The summed E-state index contributed by atoms with van der Waals surface area (Å²) in [4.78, 5) is 20.8. The maximum atomic E-state index is 10.7. The van der Waals surface area contributed by atoms with E-state index < -0.39 is 12.0 Å². The van der Waals surface area contributed by atoms with E-state index in [2.05, 4.69) is 12.2 Å². The minimum atomic E-state index is -0.989. The lowest BCUT2D eigenvalue weighted by Crippen LogP contribution is -2.36. The second-order valence-electron chi connectivity index (χ2n) is 3.43. The first kappa shape index (κ1) is 15.2. The van der Waals surface area contributed by atoms with Crippen LogP contribution in [0.1, 0.15) is 19.8 Å². The maximum Gasteiger partial charge on any atom is 0.326 e. The van der Waals surface area contributed by atoms with Crippen molar-refractivity contribution in [2.45, 2.75) is 31.1 Å². The van der Waals surface area contributed by atoms with Crippen LogP contribution in [0.5, 0.6) is 0 Å². The lowest BCUT2D eigenvalue weighted by atomic mass is 10.2. The molecule has 0 aliphatic carbocycles. The molecule has 0 bridgehead atoms. The molecule has 0 fully saturated rings. The van der Waals surface area contributed by atoms with E-state index in [0.29, 0.717) is 30.4 Å². The Morgan fingerprint density at radius 3 is 2.75 bits per heavy atom. The Hall–Kier alpha value is -0.750. The molecule has 2 unspecified atom stereocenters. The number of carboxylic acid groups (broad SMARTS) is 1. The summed E-state index contributed by atoms with van der Waals surface area (Å²) in [5.74, 6) is -0.278. The summed E-state index contributed by atoms with van der Waals surface area (Å²) in [7, 11) is 1.66. The van der Waals surface area contributed by atoms with Crippen molar-refractivity contribution in [2.24, 2.45) is 0 Å². The zero-order valence-electron chi connectivity index (χ0n) is 9.64. The molecule has 5 nitrogen and oxygen atoms in total. The predicted octanol–water partition coefficient (Wildman–Crippen LogP) is 0.734. The number of amides is 1. The lowest BCUT2D eigenvalue weighted by molar-refractivity contribution is -0.140. The molecule has 0 aromatic heterocycles. The molecule has 2 N–H and O–H groups in total. The van der Waals surface area contributed by atoms with Gasteiger partial charge in [-0.2, -0.15) is 11.8 Å². The first-order valence-electron chi connectivity index (χ1n) is 5.14. The number of rotatable bonds is 10. The molecular weight excluding hydrogens is 230 g/mol. The number of methoxy groups -OCH3 is 1. The van der Waals surface area contributed by atoms with Crippen LogP contribution in [0.2, 0.25) is 0 Å². The fourth-order valence-corrected chi connectivity index (χ4v) is 2.15. The standard InChI is InChI=1S/C10H19NO4S/c1-8(3-5-15-2)16-6-4-9(10(13)14)11-7-12/h7-9H,3-6H2,1-2H3,(H,11,12)(H,13,14). The number of hydrogen-bond acceptors (Lipinski definition) is 4. The first-order valence-corrected chi connectivity index (χ1v) is 6.19. The Labute approximate surface area is 99.9 Å².